The van der Waals surface area contributed by atoms with Gasteiger partial charge in [-0.25, -0.2) is 0 Å². The van der Waals surface area contributed by atoms with Gasteiger partial charge in [-0.2, -0.15) is 0 Å². The number of aromatic nitrogens is 1. The van der Waals surface area contributed by atoms with Crippen molar-refractivity contribution in [3.8, 4) is 0 Å². The summed E-state index contributed by atoms with van der Waals surface area (Å²) in [5.41, 5.74) is 1.11. The first-order valence-corrected chi connectivity index (χ1v) is 7.20. The highest BCUT2D eigenvalue weighted by Crippen LogP contribution is 2.32. The summed E-state index contributed by atoms with van der Waals surface area (Å²) >= 11 is 0. The Morgan fingerprint density at radius 3 is 3.00 bits per heavy atom. The summed E-state index contributed by atoms with van der Waals surface area (Å²) in [7, 11) is 0. The van der Waals surface area contributed by atoms with Crippen LogP contribution in [0.3, 0.4) is 0 Å². The molecule has 5 nitrogen and oxygen atoms in total. The lowest BCUT2D eigenvalue weighted by Gasteiger charge is -2.15. The predicted octanol–water partition coefficient (Wildman–Crippen LogP) is 0.751. The van der Waals surface area contributed by atoms with E-state index in [1.807, 2.05) is 17.0 Å². The van der Waals surface area contributed by atoms with E-state index in [0.717, 1.165) is 24.8 Å². The molecule has 1 aliphatic carbocycles. The summed E-state index contributed by atoms with van der Waals surface area (Å²) in [5, 5.41) is 2.93. The number of hydrogen-bond acceptors (Lipinski definition) is 3. The number of amides is 2. The van der Waals surface area contributed by atoms with Gasteiger partial charge >= 0.3 is 0 Å². The molecule has 106 valence electrons. The largest absolute Gasteiger partial charge is 0.355 e. The Bertz CT molecular complexity index is 499. The minimum absolute atomic E-state index is 0.00499. The summed E-state index contributed by atoms with van der Waals surface area (Å²) in [6.07, 6.45) is 6.88. The third-order valence-electron chi connectivity index (χ3n) is 3.95. The van der Waals surface area contributed by atoms with Crippen LogP contribution in [0.2, 0.25) is 0 Å². The molecule has 1 aliphatic heterocycles. The number of carbonyl (C=O) groups excluding carboxylic acids is 2. The van der Waals surface area contributed by atoms with Crippen molar-refractivity contribution in [2.45, 2.75) is 31.7 Å². The van der Waals surface area contributed by atoms with Crippen molar-refractivity contribution in [3.05, 3.63) is 30.1 Å². The molecule has 1 saturated heterocycles. The fourth-order valence-electron chi connectivity index (χ4n) is 2.67. The Hall–Kier alpha value is -1.91. The predicted molar refractivity (Wildman–Crippen MR) is 73.8 cm³/mol. The van der Waals surface area contributed by atoms with Crippen LogP contribution in [0.25, 0.3) is 0 Å². The summed E-state index contributed by atoms with van der Waals surface area (Å²) in [4.78, 5) is 29.8. The average molecular weight is 273 g/mol. The maximum absolute atomic E-state index is 12.1. The van der Waals surface area contributed by atoms with E-state index in [1.165, 1.54) is 0 Å². The van der Waals surface area contributed by atoms with Crippen molar-refractivity contribution in [2.75, 3.05) is 13.1 Å². The molecule has 2 aliphatic rings. The fourth-order valence-corrected chi connectivity index (χ4v) is 2.67. The first-order valence-electron chi connectivity index (χ1n) is 7.20. The van der Waals surface area contributed by atoms with Crippen LogP contribution in [0.4, 0.5) is 0 Å². The lowest BCUT2D eigenvalue weighted by atomic mass is 10.1. The van der Waals surface area contributed by atoms with E-state index >= 15 is 0 Å². The maximum atomic E-state index is 12.1. The smallest absolute Gasteiger partial charge is 0.225 e. The van der Waals surface area contributed by atoms with Gasteiger partial charge < -0.3 is 10.2 Å². The first kappa shape index (κ1) is 13.1. The van der Waals surface area contributed by atoms with Crippen LogP contribution in [0.15, 0.2) is 24.5 Å². The zero-order valence-electron chi connectivity index (χ0n) is 11.4. The molecule has 5 heteroatoms. The molecule has 0 unspecified atom stereocenters. The molecule has 3 rings (SSSR count). The second-order valence-electron chi connectivity index (χ2n) is 5.58. The average Bonchev–Trinajstić information content (AvgIpc) is 3.23. The second-order valence-corrected chi connectivity index (χ2v) is 5.58. The van der Waals surface area contributed by atoms with Crippen molar-refractivity contribution in [2.24, 2.45) is 5.92 Å². The van der Waals surface area contributed by atoms with E-state index in [-0.39, 0.29) is 17.7 Å². The minimum Gasteiger partial charge on any atom is -0.355 e. The topological polar surface area (TPSA) is 62.3 Å². The molecule has 2 heterocycles. The van der Waals surface area contributed by atoms with Crippen LogP contribution in [-0.2, 0) is 16.0 Å². The first-order chi connectivity index (χ1) is 9.74. The maximum Gasteiger partial charge on any atom is 0.225 e. The highest BCUT2D eigenvalue weighted by atomic mass is 16.2. The van der Waals surface area contributed by atoms with Gasteiger partial charge in [0.05, 0.1) is 5.92 Å². The Balaban J connectivity index is 1.44. The molecule has 0 radical (unpaired) electrons. The van der Waals surface area contributed by atoms with Crippen molar-refractivity contribution in [1.82, 2.24) is 15.2 Å². The van der Waals surface area contributed by atoms with Gasteiger partial charge in [-0.15, -0.1) is 0 Å². The van der Waals surface area contributed by atoms with E-state index in [0.29, 0.717) is 25.6 Å². The number of hydrogen-bond donors (Lipinski definition) is 1. The standard InChI is InChI=1S/C15H19N3O2/c19-14-8-12(10-18(14)13-3-4-13)15(20)17-7-5-11-2-1-6-16-9-11/h1-2,6,9,12-13H,3-5,7-8,10H2,(H,17,20)/t12-/m1/s1. The molecule has 1 atom stereocenters. The molecule has 0 aromatic carbocycles. The van der Waals surface area contributed by atoms with Gasteiger partial charge in [0.1, 0.15) is 0 Å². The molecule has 1 N–H and O–H groups in total. The number of nitrogens with zero attached hydrogens (tertiary/aromatic N) is 2. The zero-order chi connectivity index (χ0) is 13.9. The molecule has 20 heavy (non-hydrogen) atoms. The highest BCUT2D eigenvalue weighted by Gasteiger charge is 2.41. The minimum atomic E-state index is -0.169. The number of pyridine rings is 1. The van der Waals surface area contributed by atoms with Crippen molar-refractivity contribution in [3.63, 3.8) is 0 Å². The van der Waals surface area contributed by atoms with Gasteiger partial charge in [-0.05, 0) is 30.9 Å². The van der Waals surface area contributed by atoms with Gasteiger partial charge in [0.2, 0.25) is 11.8 Å². The van der Waals surface area contributed by atoms with Crippen LogP contribution >= 0.6 is 0 Å². The number of carbonyl (C=O) groups is 2. The number of nitrogens with one attached hydrogen (secondary N) is 1. The Kier molecular flexibility index (Phi) is 3.67. The Morgan fingerprint density at radius 2 is 2.30 bits per heavy atom. The third kappa shape index (κ3) is 2.98. The molecule has 0 bridgehead atoms. The van der Waals surface area contributed by atoms with E-state index in [2.05, 4.69) is 10.3 Å². The van der Waals surface area contributed by atoms with Gasteiger partial charge in [0, 0.05) is 37.9 Å². The fraction of sp³-hybridized carbons (Fsp3) is 0.533. The van der Waals surface area contributed by atoms with Gasteiger partial charge in [-0.3, -0.25) is 14.6 Å². The van der Waals surface area contributed by atoms with Crippen molar-refractivity contribution < 1.29 is 9.59 Å². The van der Waals surface area contributed by atoms with Crippen molar-refractivity contribution in [1.29, 1.82) is 0 Å². The van der Waals surface area contributed by atoms with Gasteiger partial charge in [-0.1, -0.05) is 6.07 Å². The lowest BCUT2D eigenvalue weighted by Crippen LogP contribution is -2.34. The van der Waals surface area contributed by atoms with Crippen LogP contribution < -0.4 is 5.32 Å². The number of rotatable bonds is 5. The molecule has 0 spiro atoms. The molecular formula is C15H19N3O2. The molecule has 2 fully saturated rings. The van der Waals surface area contributed by atoms with E-state index in [1.54, 1.807) is 12.4 Å². The Morgan fingerprint density at radius 1 is 1.45 bits per heavy atom. The number of likely N-dealkylation sites (tertiary alicyclic amines) is 1. The van der Waals surface area contributed by atoms with Crippen LogP contribution in [0, 0.1) is 5.92 Å². The molecular weight excluding hydrogens is 254 g/mol. The summed E-state index contributed by atoms with van der Waals surface area (Å²) in [6.45, 7) is 1.20. The summed E-state index contributed by atoms with van der Waals surface area (Å²) in [5.74, 6) is -0.0256. The van der Waals surface area contributed by atoms with Crippen LogP contribution in [-0.4, -0.2) is 40.8 Å². The Labute approximate surface area is 118 Å². The van der Waals surface area contributed by atoms with Crippen LogP contribution in [0.1, 0.15) is 24.8 Å². The summed E-state index contributed by atoms with van der Waals surface area (Å²) < 4.78 is 0. The highest BCUT2D eigenvalue weighted by molar-refractivity contribution is 5.89. The van der Waals surface area contributed by atoms with Crippen LogP contribution in [0.5, 0.6) is 0 Å². The molecule has 1 aromatic rings. The monoisotopic (exact) mass is 273 g/mol. The zero-order valence-corrected chi connectivity index (χ0v) is 11.4. The van der Waals surface area contributed by atoms with E-state index < -0.39 is 0 Å². The second kappa shape index (κ2) is 5.61. The lowest BCUT2D eigenvalue weighted by molar-refractivity contribution is -0.129. The molecule has 1 saturated carbocycles. The van der Waals surface area contributed by atoms with Gasteiger partial charge in [0.25, 0.3) is 0 Å². The molecule has 1 aromatic heterocycles. The SMILES string of the molecule is O=C(NCCc1cccnc1)[C@@H]1CC(=O)N(C2CC2)C1. The quantitative estimate of drug-likeness (QED) is 0.861. The summed E-state index contributed by atoms with van der Waals surface area (Å²) in [6, 6.07) is 4.30. The third-order valence-corrected chi connectivity index (χ3v) is 3.95. The van der Waals surface area contributed by atoms with Gasteiger partial charge in [0.15, 0.2) is 0 Å². The van der Waals surface area contributed by atoms with E-state index in [4.69, 9.17) is 0 Å². The molecule has 2 amide bonds. The van der Waals surface area contributed by atoms with E-state index in [9.17, 15) is 9.59 Å². The normalized spacial score (nSPS) is 22.1. The van der Waals surface area contributed by atoms with Crippen molar-refractivity contribution >= 4 is 11.8 Å².